The summed E-state index contributed by atoms with van der Waals surface area (Å²) >= 11 is 0. The van der Waals surface area contributed by atoms with E-state index in [0.717, 1.165) is 6.54 Å². The van der Waals surface area contributed by atoms with E-state index in [0.29, 0.717) is 11.9 Å². The quantitative estimate of drug-likeness (QED) is 0.839. The number of likely N-dealkylation sites (tertiary alicyclic amines) is 1. The maximum Gasteiger partial charge on any atom is 0.415 e. The van der Waals surface area contributed by atoms with Crippen LogP contribution in [0.25, 0.3) is 0 Å². The second-order valence-electron chi connectivity index (χ2n) is 6.63. The van der Waals surface area contributed by atoms with Crippen molar-refractivity contribution in [1.29, 1.82) is 0 Å². The smallest absolute Gasteiger partial charge is 0.415 e. The minimum atomic E-state index is -0.502. The molecule has 1 aromatic heterocycles. The van der Waals surface area contributed by atoms with E-state index in [1.54, 1.807) is 7.05 Å². The molecule has 0 saturated carbocycles. The van der Waals surface area contributed by atoms with Gasteiger partial charge in [-0.2, -0.15) is 0 Å². The van der Waals surface area contributed by atoms with E-state index in [-0.39, 0.29) is 6.09 Å². The monoisotopic (exact) mass is 291 g/mol. The zero-order chi connectivity index (χ0) is 15.6. The summed E-state index contributed by atoms with van der Waals surface area (Å²) in [5, 5.41) is 0. The van der Waals surface area contributed by atoms with Crippen LogP contribution in [-0.4, -0.2) is 42.2 Å². The van der Waals surface area contributed by atoms with Gasteiger partial charge in [-0.15, -0.1) is 0 Å². The summed E-state index contributed by atoms with van der Waals surface area (Å²) in [4.78, 5) is 20.2. The Morgan fingerprint density at radius 3 is 2.62 bits per heavy atom. The molecular weight excluding hydrogens is 266 g/mol. The third-order valence-corrected chi connectivity index (χ3v) is 3.69. The normalized spacial score (nSPS) is 19.6. The number of rotatable bonds is 2. The molecule has 21 heavy (non-hydrogen) atoms. The van der Waals surface area contributed by atoms with Crippen molar-refractivity contribution in [3.63, 3.8) is 0 Å². The van der Waals surface area contributed by atoms with Gasteiger partial charge < -0.3 is 4.74 Å². The number of amides is 1. The van der Waals surface area contributed by atoms with Gasteiger partial charge >= 0.3 is 6.09 Å². The fourth-order valence-electron chi connectivity index (χ4n) is 2.55. The molecule has 1 saturated heterocycles. The molecule has 1 fully saturated rings. The zero-order valence-corrected chi connectivity index (χ0v) is 13.6. The van der Waals surface area contributed by atoms with Crippen molar-refractivity contribution in [2.75, 3.05) is 25.5 Å². The molecule has 0 radical (unpaired) electrons. The van der Waals surface area contributed by atoms with Crippen LogP contribution >= 0.6 is 0 Å². The Labute approximate surface area is 126 Å². The van der Waals surface area contributed by atoms with Crippen molar-refractivity contribution in [3.8, 4) is 0 Å². The SMILES string of the molecule is CN(C(=O)OC(C)(C)C)c1ccc(C2CCCN2C)cn1. The number of aromatic nitrogens is 1. The van der Waals surface area contributed by atoms with E-state index in [1.165, 1.54) is 23.3 Å². The number of nitrogens with zero attached hydrogens (tertiary/aromatic N) is 3. The summed E-state index contributed by atoms with van der Waals surface area (Å²) < 4.78 is 5.34. The number of hydrogen-bond donors (Lipinski definition) is 0. The van der Waals surface area contributed by atoms with Crippen molar-refractivity contribution in [2.24, 2.45) is 0 Å². The topological polar surface area (TPSA) is 45.7 Å². The van der Waals surface area contributed by atoms with Gasteiger partial charge in [-0.25, -0.2) is 9.78 Å². The highest BCUT2D eigenvalue weighted by Crippen LogP contribution is 2.30. The van der Waals surface area contributed by atoms with Gasteiger partial charge in [0, 0.05) is 19.3 Å². The standard InChI is InChI=1S/C16H25N3O2/c1-16(2,3)21-15(20)19(5)14-9-8-12(11-17-14)13-7-6-10-18(13)4/h8-9,11,13H,6-7,10H2,1-5H3. The van der Waals surface area contributed by atoms with Gasteiger partial charge in [0.2, 0.25) is 0 Å². The van der Waals surface area contributed by atoms with Crippen LogP contribution in [0.2, 0.25) is 0 Å². The van der Waals surface area contributed by atoms with Crippen LogP contribution in [0.3, 0.4) is 0 Å². The summed E-state index contributed by atoms with van der Waals surface area (Å²) in [6, 6.07) is 4.37. The minimum Gasteiger partial charge on any atom is -0.443 e. The van der Waals surface area contributed by atoms with Gasteiger partial charge in [-0.05, 0) is 58.8 Å². The molecule has 2 heterocycles. The molecule has 1 aliphatic rings. The van der Waals surface area contributed by atoms with Crippen molar-refractivity contribution >= 4 is 11.9 Å². The second kappa shape index (κ2) is 6.02. The Kier molecular flexibility index (Phi) is 4.52. The molecule has 1 aromatic rings. The van der Waals surface area contributed by atoms with Crippen molar-refractivity contribution in [1.82, 2.24) is 9.88 Å². The van der Waals surface area contributed by atoms with E-state index in [2.05, 4.69) is 23.0 Å². The molecule has 1 amide bonds. The molecule has 1 unspecified atom stereocenters. The number of anilines is 1. The Hall–Kier alpha value is -1.62. The van der Waals surface area contributed by atoms with E-state index in [9.17, 15) is 4.79 Å². The summed E-state index contributed by atoms with van der Waals surface area (Å²) in [5.74, 6) is 0.605. The third-order valence-electron chi connectivity index (χ3n) is 3.69. The molecule has 0 bridgehead atoms. The third kappa shape index (κ3) is 3.94. The van der Waals surface area contributed by atoms with Crippen LogP contribution in [-0.2, 0) is 4.74 Å². The summed E-state index contributed by atoms with van der Waals surface area (Å²) in [6.07, 6.45) is 3.86. The predicted octanol–water partition coefficient (Wildman–Crippen LogP) is 3.22. The molecule has 0 aromatic carbocycles. The molecule has 2 rings (SSSR count). The number of carbonyl (C=O) groups is 1. The van der Waals surface area contributed by atoms with E-state index < -0.39 is 5.60 Å². The lowest BCUT2D eigenvalue weighted by atomic mass is 10.1. The predicted molar refractivity (Wildman–Crippen MR) is 83.5 cm³/mol. The number of carbonyl (C=O) groups excluding carboxylic acids is 1. The minimum absolute atomic E-state index is 0.388. The average Bonchev–Trinajstić information content (AvgIpc) is 2.82. The largest absolute Gasteiger partial charge is 0.443 e. The highest BCUT2D eigenvalue weighted by Gasteiger charge is 2.24. The molecule has 116 valence electrons. The van der Waals surface area contributed by atoms with E-state index in [4.69, 9.17) is 4.74 Å². The Morgan fingerprint density at radius 2 is 2.14 bits per heavy atom. The van der Waals surface area contributed by atoms with Crippen LogP contribution in [0.4, 0.5) is 10.6 Å². The number of hydrogen-bond acceptors (Lipinski definition) is 4. The lowest BCUT2D eigenvalue weighted by Crippen LogP contribution is -2.34. The lowest BCUT2D eigenvalue weighted by molar-refractivity contribution is 0.0588. The van der Waals surface area contributed by atoms with Gasteiger partial charge in [-0.3, -0.25) is 9.80 Å². The molecule has 0 aliphatic carbocycles. The van der Waals surface area contributed by atoms with Gasteiger partial charge in [0.25, 0.3) is 0 Å². The molecular formula is C16H25N3O2. The molecule has 1 atom stereocenters. The maximum atomic E-state index is 12.0. The van der Waals surface area contributed by atoms with Crippen LogP contribution in [0.1, 0.15) is 45.2 Å². The highest BCUT2D eigenvalue weighted by atomic mass is 16.6. The highest BCUT2D eigenvalue weighted by molar-refractivity contribution is 5.85. The first-order valence-electron chi connectivity index (χ1n) is 7.41. The van der Waals surface area contributed by atoms with Crippen LogP contribution in [0.5, 0.6) is 0 Å². The van der Waals surface area contributed by atoms with Crippen LogP contribution in [0, 0.1) is 0 Å². The van der Waals surface area contributed by atoms with Gasteiger partial charge in [0.05, 0.1) is 0 Å². The van der Waals surface area contributed by atoms with Crippen LogP contribution < -0.4 is 4.90 Å². The molecule has 0 N–H and O–H groups in total. The molecule has 1 aliphatic heterocycles. The average molecular weight is 291 g/mol. The van der Waals surface area contributed by atoms with Crippen molar-refractivity contribution < 1.29 is 9.53 Å². The van der Waals surface area contributed by atoms with Crippen molar-refractivity contribution in [3.05, 3.63) is 23.9 Å². The Bertz CT molecular complexity index is 493. The Balaban J connectivity index is 2.06. The Morgan fingerprint density at radius 1 is 1.43 bits per heavy atom. The fourth-order valence-corrected chi connectivity index (χ4v) is 2.55. The van der Waals surface area contributed by atoms with E-state index >= 15 is 0 Å². The first-order chi connectivity index (χ1) is 9.78. The maximum absolute atomic E-state index is 12.0. The first-order valence-corrected chi connectivity index (χ1v) is 7.41. The van der Waals surface area contributed by atoms with E-state index in [1.807, 2.05) is 33.0 Å². The van der Waals surface area contributed by atoms with Gasteiger partial charge in [0.1, 0.15) is 11.4 Å². The molecule has 5 nitrogen and oxygen atoms in total. The summed E-state index contributed by atoms with van der Waals surface area (Å²) in [7, 11) is 3.82. The lowest BCUT2D eigenvalue weighted by Gasteiger charge is -2.24. The first kappa shape index (κ1) is 15.8. The second-order valence-corrected chi connectivity index (χ2v) is 6.63. The zero-order valence-electron chi connectivity index (χ0n) is 13.6. The van der Waals surface area contributed by atoms with Crippen molar-refractivity contribution in [2.45, 2.75) is 45.3 Å². The van der Waals surface area contributed by atoms with Crippen LogP contribution in [0.15, 0.2) is 18.3 Å². The van der Waals surface area contributed by atoms with Gasteiger partial charge in [0.15, 0.2) is 0 Å². The number of pyridine rings is 1. The molecule has 5 heteroatoms. The fraction of sp³-hybridized carbons (Fsp3) is 0.625. The number of ether oxygens (including phenoxy) is 1. The van der Waals surface area contributed by atoms with Gasteiger partial charge in [-0.1, -0.05) is 6.07 Å². The summed E-state index contributed by atoms with van der Waals surface area (Å²) in [6.45, 7) is 6.69. The molecule has 0 spiro atoms. The summed E-state index contributed by atoms with van der Waals surface area (Å²) in [5.41, 5.74) is 0.703.